The predicted octanol–water partition coefficient (Wildman–Crippen LogP) is 3.93. The molecule has 2 aromatic carbocycles. The molecule has 1 saturated heterocycles. The monoisotopic (exact) mass is 254 g/mol. The number of carbonyl (C=O) groups excluding carboxylic acids is 1. The number of carbonyl (C=O) groups is 1. The fourth-order valence-corrected chi connectivity index (χ4v) is 3.15. The highest BCUT2D eigenvalue weighted by Crippen LogP contribution is 2.23. The molecule has 90 valence electrons. The van der Waals surface area contributed by atoms with Crippen molar-refractivity contribution >= 4 is 34.4 Å². The minimum Gasteiger partial charge on any atom is -0.294 e. The fourth-order valence-electron chi connectivity index (χ4n) is 2.21. The Labute approximate surface area is 111 Å². The maximum atomic E-state index is 11.8. The molecule has 0 amide bonds. The van der Waals surface area contributed by atoms with E-state index in [2.05, 4.69) is 30.3 Å². The van der Waals surface area contributed by atoms with E-state index in [0.29, 0.717) is 12.2 Å². The highest BCUT2D eigenvalue weighted by Gasteiger charge is 2.14. The van der Waals surface area contributed by atoms with Gasteiger partial charge < -0.3 is 0 Å². The zero-order valence-electron chi connectivity index (χ0n) is 10.1. The SMILES string of the molecule is O=C1CCSC/C1=C\c1ccc2ccccc2c1. The summed E-state index contributed by atoms with van der Waals surface area (Å²) in [4.78, 5) is 11.8. The van der Waals surface area contributed by atoms with Crippen molar-refractivity contribution in [2.75, 3.05) is 11.5 Å². The lowest BCUT2D eigenvalue weighted by atomic mass is 10.0. The van der Waals surface area contributed by atoms with Gasteiger partial charge in [-0.3, -0.25) is 4.79 Å². The Hall–Kier alpha value is -1.54. The molecule has 0 aromatic heterocycles. The highest BCUT2D eigenvalue weighted by molar-refractivity contribution is 7.99. The molecule has 0 unspecified atom stereocenters. The van der Waals surface area contributed by atoms with E-state index < -0.39 is 0 Å². The van der Waals surface area contributed by atoms with Crippen molar-refractivity contribution < 1.29 is 4.79 Å². The van der Waals surface area contributed by atoms with Crippen molar-refractivity contribution in [3.8, 4) is 0 Å². The molecule has 0 atom stereocenters. The van der Waals surface area contributed by atoms with Crippen LogP contribution in [0.25, 0.3) is 16.8 Å². The number of benzene rings is 2. The standard InChI is InChI=1S/C16H14OS/c17-16-7-8-18-11-15(16)10-12-5-6-13-3-1-2-4-14(13)9-12/h1-6,9-10H,7-8,11H2/b15-10+. The van der Waals surface area contributed by atoms with Crippen LogP contribution in [0.4, 0.5) is 0 Å². The van der Waals surface area contributed by atoms with Crippen LogP contribution in [0.2, 0.25) is 0 Å². The summed E-state index contributed by atoms with van der Waals surface area (Å²) in [5, 5.41) is 2.46. The molecule has 0 saturated carbocycles. The van der Waals surface area contributed by atoms with Crippen LogP contribution in [-0.2, 0) is 4.79 Å². The van der Waals surface area contributed by atoms with E-state index in [1.54, 1.807) is 0 Å². The number of Topliss-reactive ketones (excluding diaryl/α,β-unsaturated/α-hetero) is 1. The normalized spacial score (nSPS) is 18.4. The summed E-state index contributed by atoms with van der Waals surface area (Å²) in [5.41, 5.74) is 2.08. The van der Waals surface area contributed by atoms with Gasteiger partial charge in [-0.15, -0.1) is 0 Å². The molecule has 3 rings (SSSR count). The molecular weight excluding hydrogens is 240 g/mol. The van der Waals surface area contributed by atoms with Gasteiger partial charge in [0.1, 0.15) is 0 Å². The van der Waals surface area contributed by atoms with Gasteiger partial charge >= 0.3 is 0 Å². The summed E-state index contributed by atoms with van der Waals surface area (Å²) in [6.45, 7) is 0. The average Bonchev–Trinajstić information content (AvgIpc) is 2.41. The first-order valence-corrected chi connectivity index (χ1v) is 7.29. The van der Waals surface area contributed by atoms with Gasteiger partial charge in [-0.05, 0) is 28.5 Å². The first kappa shape index (κ1) is 11.5. The second-order valence-electron chi connectivity index (χ2n) is 4.50. The Kier molecular flexibility index (Phi) is 3.20. The molecule has 0 aliphatic carbocycles. The Morgan fingerprint density at radius 1 is 1.06 bits per heavy atom. The van der Waals surface area contributed by atoms with Crippen LogP contribution in [0.3, 0.4) is 0 Å². The van der Waals surface area contributed by atoms with Crippen molar-refractivity contribution in [2.24, 2.45) is 0 Å². The number of ketones is 1. The molecule has 1 heterocycles. The molecule has 2 aromatic rings. The van der Waals surface area contributed by atoms with Gasteiger partial charge in [0, 0.05) is 23.5 Å². The largest absolute Gasteiger partial charge is 0.294 e. The molecule has 0 bridgehead atoms. The van der Waals surface area contributed by atoms with Crippen LogP contribution < -0.4 is 0 Å². The summed E-state index contributed by atoms with van der Waals surface area (Å²) >= 11 is 1.84. The smallest absolute Gasteiger partial charge is 0.160 e. The maximum absolute atomic E-state index is 11.8. The zero-order chi connectivity index (χ0) is 12.4. The van der Waals surface area contributed by atoms with Crippen molar-refractivity contribution in [1.29, 1.82) is 0 Å². The van der Waals surface area contributed by atoms with E-state index in [4.69, 9.17) is 0 Å². The molecule has 0 radical (unpaired) electrons. The second-order valence-corrected chi connectivity index (χ2v) is 5.61. The topological polar surface area (TPSA) is 17.1 Å². The van der Waals surface area contributed by atoms with Gasteiger partial charge in [-0.1, -0.05) is 36.4 Å². The van der Waals surface area contributed by atoms with Crippen LogP contribution in [0.15, 0.2) is 48.0 Å². The second kappa shape index (κ2) is 4.99. The van der Waals surface area contributed by atoms with E-state index in [-0.39, 0.29) is 0 Å². The summed E-state index contributed by atoms with van der Waals surface area (Å²) < 4.78 is 0. The van der Waals surface area contributed by atoms with E-state index in [1.165, 1.54) is 10.8 Å². The lowest BCUT2D eigenvalue weighted by molar-refractivity contribution is -0.115. The van der Waals surface area contributed by atoms with Gasteiger partial charge in [-0.2, -0.15) is 11.8 Å². The third-order valence-electron chi connectivity index (χ3n) is 3.20. The Bertz CT molecular complexity index is 628. The Morgan fingerprint density at radius 2 is 1.89 bits per heavy atom. The Balaban J connectivity index is 1.99. The van der Waals surface area contributed by atoms with Crippen molar-refractivity contribution in [3.63, 3.8) is 0 Å². The predicted molar refractivity (Wildman–Crippen MR) is 78.9 cm³/mol. The number of thioether (sulfide) groups is 1. The van der Waals surface area contributed by atoms with E-state index in [9.17, 15) is 4.79 Å². The summed E-state index contributed by atoms with van der Waals surface area (Å²) in [6.07, 6.45) is 2.73. The van der Waals surface area contributed by atoms with E-state index in [1.807, 2.05) is 30.0 Å². The number of hydrogen-bond donors (Lipinski definition) is 0. The molecular formula is C16H14OS. The quantitative estimate of drug-likeness (QED) is 0.717. The molecule has 2 heteroatoms. The maximum Gasteiger partial charge on any atom is 0.160 e. The van der Waals surface area contributed by atoms with Crippen LogP contribution in [0.5, 0.6) is 0 Å². The third-order valence-corrected chi connectivity index (χ3v) is 4.21. The molecule has 0 spiro atoms. The highest BCUT2D eigenvalue weighted by atomic mass is 32.2. The van der Waals surface area contributed by atoms with E-state index in [0.717, 1.165) is 22.6 Å². The van der Waals surface area contributed by atoms with Gasteiger partial charge in [0.05, 0.1) is 0 Å². The first-order chi connectivity index (χ1) is 8.83. The van der Waals surface area contributed by atoms with Crippen molar-refractivity contribution in [1.82, 2.24) is 0 Å². The summed E-state index contributed by atoms with van der Waals surface area (Å²) in [7, 11) is 0. The Morgan fingerprint density at radius 3 is 2.72 bits per heavy atom. The first-order valence-electron chi connectivity index (χ1n) is 6.13. The number of rotatable bonds is 1. The molecule has 18 heavy (non-hydrogen) atoms. The number of hydrogen-bond acceptors (Lipinski definition) is 2. The van der Waals surface area contributed by atoms with Crippen LogP contribution in [-0.4, -0.2) is 17.3 Å². The van der Waals surface area contributed by atoms with Crippen LogP contribution >= 0.6 is 11.8 Å². The van der Waals surface area contributed by atoms with Gasteiger partial charge in [-0.25, -0.2) is 0 Å². The van der Waals surface area contributed by atoms with Crippen molar-refractivity contribution in [3.05, 3.63) is 53.6 Å². The minimum atomic E-state index is 0.307. The van der Waals surface area contributed by atoms with Crippen LogP contribution in [0.1, 0.15) is 12.0 Å². The molecule has 1 nitrogen and oxygen atoms in total. The lowest BCUT2D eigenvalue weighted by Crippen LogP contribution is -2.11. The lowest BCUT2D eigenvalue weighted by Gasteiger charge is -2.12. The average molecular weight is 254 g/mol. The third kappa shape index (κ3) is 2.34. The van der Waals surface area contributed by atoms with Crippen molar-refractivity contribution in [2.45, 2.75) is 6.42 Å². The molecule has 0 N–H and O–H groups in total. The molecule has 1 aliphatic rings. The number of fused-ring (bicyclic) bond motifs is 1. The van der Waals surface area contributed by atoms with Gasteiger partial charge in [0.2, 0.25) is 0 Å². The van der Waals surface area contributed by atoms with Gasteiger partial charge in [0.25, 0.3) is 0 Å². The van der Waals surface area contributed by atoms with Crippen LogP contribution in [0, 0.1) is 0 Å². The minimum absolute atomic E-state index is 0.307. The summed E-state index contributed by atoms with van der Waals surface area (Å²) in [5.74, 6) is 2.13. The van der Waals surface area contributed by atoms with E-state index >= 15 is 0 Å². The molecule has 1 aliphatic heterocycles. The summed E-state index contributed by atoms with van der Waals surface area (Å²) in [6, 6.07) is 14.6. The van der Waals surface area contributed by atoms with Gasteiger partial charge in [0.15, 0.2) is 5.78 Å². The zero-order valence-corrected chi connectivity index (χ0v) is 10.9. The molecule has 1 fully saturated rings. The fraction of sp³-hybridized carbons (Fsp3) is 0.188.